The normalized spacial score (nSPS) is 19.9. The van der Waals surface area contributed by atoms with Gasteiger partial charge in [-0.2, -0.15) is 0 Å². The first kappa shape index (κ1) is 13.1. The summed E-state index contributed by atoms with van der Waals surface area (Å²) in [6.45, 7) is 4.57. The fourth-order valence-electron chi connectivity index (χ4n) is 2.18. The van der Waals surface area contributed by atoms with E-state index in [1.165, 1.54) is 5.56 Å². The zero-order valence-corrected chi connectivity index (χ0v) is 10.8. The summed E-state index contributed by atoms with van der Waals surface area (Å²) in [6.07, 6.45) is 0.850. The highest BCUT2D eigenvalue weighted by atomic mass is 16.5. The van der Waals surface area contributed by atoms with Crippen LogP contribution >= 0.6 is 0 Å². The minimum absolute atomic E-state index is 0.0881. The van der Waals surface area contributed by atoms with Crippen molar-refractivity contribution in [2.24, 2.45) is 5.73 Å². The summed E-state index contributed by atoms with van der Waals surface area (Å²) in [4.78, 5) is 14.2. The largest absolute Gasteiger partial charge is 0.377 e. The van der Waals surface area contributed by atoms with Crippen molar-refractivity contribution in [1.29, 1.82) is 0 Å². The minimum atomic E-state index is 0.0881. The Hall–Kier alpha value is -1.39. The van der Waals surface area contributed by atoms with Crippen molar-refractivity contribution in [3.8, 4) is 0 Å². The quantitative estimate of drug-likeness (QED) is 0.870. The molecule has 0 bridgehead atoms. The van der Waals surface area contributed by atoms with Gasteiger partial charge in [0.05, 0.1) is 19.3 Å². The number of rotatable bonds is 3. The summed E-state index contributed by atoms with van der Waals surface area (Å²) in [7, 11) is 0. The Morgan fingerprint density at radius 3 is 2.78 bits per heavy atom. The first-order chi connectivity index (χ1) is 8.72. The molecule has 0 aromatic heterocycles. The van der Waals surface area contributed by atoms with Gasteiger partial charge in [0.25, 0.3) is 5.91 Å². The fraction of sp³-hybridized carbons (Fsp3) is 0.500. The predicted octanol–water partition coefficient (Wildman–Crippen LogP) is 1.05. The summed E-state index contributed by atoms with van der Waals surface area (Å²) in [5.74, 6) is 0.0881. The molecule has 0 saturated carbocycles. The lowest BCUT2D eigenvalue weighted by atomic mass is 10.1. The van der Waals surface area contributed by atoms with Crippen LogP contribution in [0.4, 0.5) is 0 Å². The van der Waals surface area contributed by atoms with Gasteiger partial charge in [-0.3, -0.25) is 4.79 Å². The zero-order chi connectivity index (χ0) is 13.0. The third kappa shape index (κ3) is 2.89. The number of benzene rings is 1. The molecule has 0 unspecified atom stereocenters. The molecule has 1 aliphatic heterocycles. The van der Waals surface area contributed by atoms with E-state index in [4.69, 9.17) is 10.5 Å². The third-order valence-corrected chi connectivity index (χ3v) is 3.26. The summed E-state index contributed by atoms with van der Waals surface area (Å²) >= 11 is 0. The number of hydrogen-bond acceptors (Lipinski definition) is 3. The van der Waals surface area contributed by atoms with Crippen molar-refractivity contribution >= 4 is 5.91 Å². The second kappa shape index (κ2) is 5.98. The topological polar surface area (TPSA) is 55.6 Å². The van der Waals surface area contributed by atoms with Gasteiger partial charge in [-0.05, 0) is 37.6 Å². The smallest absolute Gasteiger partial charge is 0.254 e. The van der Waals surface area contributed by atoms with Gasteiger partial charge in [0.2, 0.25) is 0 Å². The Balaban J connectivity index is 2.08. The van der Waals surface area contributed by atoms with Crippen LogP contribution in [0.1, 0.15) is 22.8 Å². The van der Waals surface area contributed by atoms with Gasteiger partial charge >= 0.3 is 0 Å². The molecule has 0 radical (unpaired) electrons. The molecule has 1 atom stereocenters. The number of nitrogens with two attached hydrogens (primary N) is 1. The Bertz CT molecular complexity index is 403. The van der Waals surface area contributed by atoms with Crippen LogP contribution in [0.5, 0.6) is 0 Å². The number of carbonyl (C=O) groups excluding carboxylic acids is 1. The van der Waals surface area contributed by atoms with Gasteiger partial charge in [-0.1, -0.05) is 12.1 Å². The molecule has 0 aliphatic carbocycles. The molecule has 1 aromatic rings. The number of ether oxygens (including phenoxy) is 1. The average Bonchev–Trinajstić information content (AvgIpc) is 2.40. The molecule has 4 heteroatoms. The van der Waals surface area contributed by atoms with E-state index < -0.39 is 0 Å². The van der Waals surface area contributed by atoms with E-state index in [1.54, 1.807) is 0 Å². The lowest BCUT2D eigenvalue weighted by Crippen LogP contribution is -2.47. The average molecular weight is 248 g/mol. The standard InChI is InChI=1S/C14H20N2O2/c1-11-10-18-9-8-16(11)14(17)13-4-2-12(3-5-13)6-7-15/h2-5,11H,6-10,15H2,1H3/t11-/m1/s1. The highest BCUT2D eigenvalue weighted by Crippen LogP contribution is 2.13. The first-order valence-corrected chi connectivity index (χ1v) is 6.40. The Morgan fingerprint density at radius 1 is 1.44 bits per heavy atom. The SMILES string of the molecule is C[C@@H]1COCCN1C(=O)c1ccc(CCN)cc1. The first-order valence-electron chi connectivity index (χ1n) is 6.40. The Kier molecular flexibility index (Phi) is 4.33. The molecular formula is C14H20N2O2. The van der Waals surface area contributed by atoms with Crippen molar-refractivity contribution in [2.75, 3.05) is 26.3 Å². The van der Waals surface area contributed by atoms with E-state index in [1.807, 2.05) is 36.1 Å². The van der Waals surface area contributed by atoms with Gasteiger partial charge in [0.1, 0.15) is 0 Å². The summed E-state index contributed by atoms with van der Waals surface area (Å²) < 4.78 is 5.34. The number of nitrogens with zero attached hydrogens (tertiary/aromatic N) is 1. The van der Waals surface area contributed by atoms with Crippen LogP contribution < -0.4 is 5.73 Å². The van der Waals surface area contributed by atoms with Crippen LogP contribution in [-0.2, 0) is 11.2 Å². The summed E-state index contributed by atoms with van der Waals surface area (Å²) in [6, 6.07) is 7.87. The van der Waals surface area contributed by atoms with E-state index in [0.717, 1.165) is 12.0 Å². The van der Waals surface area contributed by atoms with E-state index >= 15 is 0 Å². The molecule has 1 fully saturated rings. The van der Waals surface area contributed by atoms with Crippen LogP contribution in [0.2, 0.25) is 0 Å². The maximum atomic E-state index is 12.3. The van der Waals surface area contributed by atoms with Crippen LogP contribution in [0.25, 0.3) is 0 Å². The second-order valence-electron chi connectivity index (χ2n) is 4.66. The van der Waals surface area contributed by atoms with Crippen LogP contribution in [-0.4, -0.2) is 43.2 Å². The van der Waals surface area contributed by atoms with Gasteiger partial charge in [0.15, 0.2) is 0 Å². The zero-order valence-electron chi connectivity index (χ0n) is 10.8. The van der Waals surface area contributed by atoms with Crippen molar-refractivity contribution < 1.29 is 9.53 Å². The van der Waals surface area contributed by atoms with E-state index in [2.05, 4.69) is 0 Å². The predicted molar refractivity (Wildman–Crippen MR) is 70.5 cm³/mol. The molecule has 1 heterocycles. The number of carbonyl (C=O) groups is 1. The molecule has 4 nitrogen and oxygen atoms in total. The van der Waals surface area contributed by atoms with Crippen molar-refractivity contribution in [2.45, 2.75) is 19.4 Å². The molecule has 0 spiro atoms. The minimum Gasteiger partial charge on any atom is -0.377 e. The van der Waals surface area contributed by atoms with Gasteiger partial charge in [-0.25, -0.2) is 0 Å². The molecule has 18 heavy (non-hydrogen) atoms. The van der Waals surface area contributed by atoms with Crippen LogP contribution in [0, 0.1) is 0 Å². The molecule has 1 saturated heterocycles. The van der Waals surface area contributed by atoms with Gasteiger partial charge in [0, 0.05) is 12.1 Å². The fourth-order valence-corrected chi connectivity index (χ4v) is 2.18. The molecule has 2 rings (SSSR count). The number of hydrogen-bond donors (Lipinski definition) is 1. The maximum Gasteiger partial charge on any atom is 0.254 e. The van der Waals surface area contributed by atoms with Crippen molar-refractivity contribution in [3.63, 3.8) is 0 Å². The Morgan fingerprint density at radius 2 is 2.17 bits per heavy atom. The van der Waals surface area contributed by atoms with E-state index in [0.29, 0.717) is 26.3 Å². The maximum absolute atomic E-state index is 12.3. The van der Waals surface area contributed by atoms with Crippen molar-refractivity contribution in [1.82, 2.24) is 4.90 Å². The summed E-state index contributed by atoms with van der Waals surface area (Å²) in [5, 5.41) is 0. The van der Waals surface area contributed by atoms with E-state index in [-0.39, 0.29) is 11.9 Å². The van der Waals surface area contributed by atoms with E-state index in [9.17, 15) is 4.79 Å². The number of morpholine rings is 1. The van der Waals surface area contributed by atoms with Gasteiger partial charge < -0.3 is 15.4 Å². The lowest BCUT2D eigenvalue weighted by molar-refractivity contribution is 0.00359. The van der Waals surface area contributed by atoms with Crippen molar-refractivity contribution in [3.05, 3.63) is 35.4 Å². The molecular weight excluding hydrogens is 228 g/mol. The molecule has 1 amide bonds. The highest BCUT2D eigenvalue weighted by molar-refractivity contribution is 5.94. The molecule has 1 aliphatic rings. The molecule has 1 aromatic carbocycles. The second-order valence-corrected chi connectivity index (χ2v) is 4.66. The van der Waals surface area contributed by atoms with Crippen LogP contribution in [0.15, 0.2) is 24.3 Å². The number of amides is 1. The molecule has 98 valence electrons. The summed E-state index contributed by atoms with van der Waals surface area (Å²) in [5.41, 5.74) is 7.42. The lowest BCUT2D eigenvalue weighted by Gasteiger charge is -2.33. The monoisotopic (exact) mass is 248 g/mol. The Labute approximate surface area is 108 Å². The third-order valence-electron chi connectivity index (χ3n) is 3.26. The highest BCUT2D eigenvalue weighted by Gasteiger charge is 2.24. The van der Waals surface area contributed by atoms with Crippen LogP contribution in [0.3, 0.4) is 0 Å². The molecule has 2 N–H and O–H groups in total. The van der Waals surface area contributed by atoms with Gasteiger partial charge in [-0.15, -0.1) is 0 Å².